The maximum absolute atomic E-state index is 10.7. The van der Waals surface area contributed by atoms with Crippen LogP contribution in [0.25, 0.3) is 11.3 Å². The van der Waals surface area contributed by atoms with Gasteiger partial charge in [-0.25, -0.2) is 9.78 Å². The summed E-state index contributed by atoms with van der Waals surface area (Å²) >= 11 is 5.95. The second-order valence-electron chi connectivity index (χ2n) is 6.51. The molecule has 3 aromatic rings. The molecule has 0 unspecified atom stereocenters. The Bertz CT molecular complexity index is 999. The third kappa shape index (κ3) is 6.45. The van der Waals surface area contributed by atoms with Crippen LogP contribution in [-0.4, -0.2) is 41.0 Å². The third-order valence-corrected chi connectivity index (χ3v) is 4.51. The average molecular weight is 428 g/mol. The number of benzene rings is 2. The normalized spacial score (nSPS) is 11.7. The Morgan fingerprint density at radius 2 is 1.87 bits per heavy atom. The summed E-state index contributed by atoms with van der Waals surface area (Å²) in [5.41, 5.74) is 3.12. The number of hydrogen-bond acceptors (Lipinski definition) is 6. The van der Waals surface area contributed by atoms with Crippen molar-refractivity contribution in [2.75, 3.05) is 25.0 Å². The summed E-state index contributed by atoms with van der Waals surface area (Å²) in [4.78, 5) is 14.9. The fraction of sp³-hybridized carbons (Fsp3) is 0.182. The van der Waals surface area contributed by atoms with Gasteiger partial charge in [0, 0.05) is 42.0 Å². The summed E-state index contributed by atoms with van der Waals surface area (Å²) in [7, 11) is 0. The van der Waals surface area contributed by atoms with Gasteiger partial charge in [0.2, 0.25) is 5.88 Å². The topological polar surface area (TPSA) is 104 Å². The molecular formula is C22H22ClN3O4. The lowest BCUT2D eigenvalue weighted by Gasteiger charge is -2.13. The zero-order valence-electron chi connectivity index (χ0n) is 16.1. The number of halogens is 1. The van der Waals surface area contributed by atoms with Gasteiger partial charge in [-0.1, -0.05) is 41.9 Å². The molecule has 0 aliphatic rings. The van der Waals surface area contributed by atoms with E-state index in [9.17, 15) is 9.90 Å². The number of rotatable bonds is 9. The van der Waals surface area contributed by atoms with E-state index in [0.717, 1.165) is 16.8 Å². The first-order chi connectivity index (χ1) is 14.5. The lowest BCUT2D eigenvalue weighted by molar-refractivity contribution is 0.142. The summed E-state index contributed by atoms with van der Waals surface area (Å²) in [6, 6.07) is 19.8. The maximum Gasteiger partial charge on any atom is 0.512 e. The predicted octanol–water partition coefficient (Wildman–Crippen LogP) is 4.19. The number of anilines is 1. The second-order valence-corrected chi connectivity index (χ2v) is 6.95. The van der Waals surface area contributed by atoms with Crippen molar-refractivity contribution in [3.8, 4) is 17.1 Å². The van der Waals surface area contributed by atoms with Gasteiger partial charge < -0.3 is 25.6 Å². The molecule has 156 valence electrons. The Kier molecular flexibility index (Phi) is 7.62. The molecule has 0 amide bonds. The van der Waals surface area contributed by atoms with Crippen LogP contribution >= 0.6 is 11.6 Å². The molecule has 0 radical (unpaired) electrons. The van der Waals surface area contributed by atoms with Crippen LogP contribution in [0.5, 0.6) is 5.88 Å². The van der Waals surface area contributed by atoms with Gasteiger partial charge in [0.15, 0.2) is 0 Å². The number of hydrogen-bond donors (Lipinski definition) is 4. The van der Waals surface area contributed by atoms with Gasteiger partial charge in [-0.15, -0.1) is 0 Å². The summed E-state index contributed by atoms with van der Waals surface area (Å²) in [6.45, 7) is 1.73. The first kappa shape index (κ1) is 21.6. The second kappa shape index (κ2) is 10.6. The van der Waals surface area contributed by atoms with Crippen LogP contribution in [0.1, 0.15) is 11.7 Å². The van der Waals surface area contributed by atoms with Gasteiger partial charge in [-0.2, -0.15) is 0 Å². The highest BCUT2D eigenvalue weighted by Crippen LogP contribution is 2.23. The largest absolute Gasteiger partial charge is 0.512 e. The lowest BCUT2D eigenvalue weighted by atomic mass is 10.1. The van der Waals surface area contributed by atoms with E-state index in [0.29, 0.717) is 30.4 Å². The number of pyridine rings is 1. The van der Waals surface area contributed by atoms with Crippen molar-refractivity contribution >= 4 is 23.4 Å². The van der Waals surface area contributed by atoms with Crippen molar-refractivity contribution in [3.05, 3.63) is 77.3 Å². The van der Waals surface area contributed by atoms with Crippen molar-refractivity contribution in [2.24, 2.45) is 0 Å². The highest BCUT2D eigenvalue weighted by Gasteiger charge is 2.08. The molecule has 3 rings (SSSR count). The van der Waals surface area contributed by atoms with Crippen LogP contribution in [0, 0.1) is 0 Å². The molecule has 1 heterocycles. The van der Waals surface area contributed by atoms with Crippen molar-refractivity contribution in [2.45, 2.75) is 6.10 Å². The number of ether oxygens (including phenoxy) is 1. The van der Waals surface area contributed by atoms with E-state index in [1.165, 1.54) is 6.07 Å². The summed E-state index contributed by atoms with van der Waals surface area (Å²) in [5.74, 6) is 0.0285. The van der Waals surface area contributed by atoms with Gasteiger partial charge in [0.05, 0.1) is 11.8 Å². The standard InChI is InChI=1S/C22H22ClN3O4/c23-17-6-1-5-16(12-17)20(27)14-24-10-11-25-18-7-2-4-15(13-18)19-8-3-9-21(26-19)30-22(28)29/h1-9,12-13,20,24-25,27H,10-11,14H2,(H,28,29)/t20-/m0/s1. The number of aliphatic hydroxyl groups excluding tert-OH is 1. The van der Waals surface area contributed by atoms with Crippen LogP contribution in [0.2, 0.25) is 5.02 Å². The molecule has 2 aromatic carbocycles. The van der Waals surface area contributed by atoms with Crippen molar-refractivity contribution in [1.29, 1.82) is 0 Å². The summed E-state index contributed by atoms with van der Waals surface area (Å²) < 4.78 is 4.61. The minimum atomic E-state index is -1.40. The fourth-order valence-electron chi connectivity index (χ4n) is 2.88. The maximum atomic E-state index is 10.7. The Morgan fingerprint density at radius 3 is 2.67 bits per heavy atom. The van der Waals surface area contributed by atoms with Crippen molar-refractivity contribution in [1.82, 2.24) is 10.3 Å². The molecule has 8 heteroatoms. The van der Waals surface area contributed by atoms with Gasteiger partial charge in [-0.05, 0) is 35.9 Å². The van der Waals surface area contributed by atoms with Crippen LogP contribution < -0.4 is 15.4 Å². The Hall–Kier alpha value is -3.13. The molecule has 7 nitrogen and oxygen atoms in total. The smallest absolute Gasteiger partial charge is 0.449 e. The molecule has 0 aliphatic heterocycles. The summed E-state index contributed by atoms with van der Waals surface area (Å²) in [6.07, 6.45) is -2.03. The Morgan fingerprint density at radius 1 is 1.07 bits per heavy atom. The third-order valence-electron chi connectivity index (χ3n) is 4.28. The van der Waals surface area contributed by atoms with E-state index in [4.69, 9.17) is 16.7 Å². The Labute approximate surface area is 179 Å². The van der Waals surface area contributed by atoms with Gasteiger partial charge >= 0.3 is 6.16 Å². The van der Waals surface area contributed by atoms with Crippen LogP contribution in [-0.2, 0) is 0 Å². The highest BCUT2D eigenvalue weighted by atomic mass is 35.5. The molecule has 0 aliphatic carbocycles. The quantitative estimate of drug-likeness (QED) is 0.300. The zero-order valence-corrected chi connectivity index (χ0v) is 16.8. The molecule has 0 bridgehead atoms. The number of nitrogens with one attached hydrogen (secondary N) is 2. The number of aromatic nitrogens is 1. The van der Waals surface area contributed by atoms with Crippen LogP contribution in [0.15, 0.2) is 66.7 Å². The van der Waals surface area contributed by atoms with Crippen LogP contribution in [0.4, 0.5) is 10.5 Å². The Balaban J connectivity index is 1.49. The van der Waals surface area contributed by atoms with Crippen LogP contribution in [0.3, 0.4) is 0 Å². The van der Waals surface area contributed by atoms with E-state index in [1.807, 2.05) is 36.4 Å². The van der Waals surface area contributed by atoms with E-state index in [-0.39, 0.29) is 5.88 Å². The van der Waals surface area contributed by atoms with E-state index < -0.39 is 12.3 Å². The number of carboxylic acid groups (broad SMARTS) is 1. The molecule has 0 saturated heterocycles. The lowest BCUT2D eigenvalue weighted by Crippen LogP contribution is -2.26. The average Bonchev–Trinajstić information content (AvgIpc) is 2.73. The van der Waals surface area contributed by atoms with E-state index in [1.54, 1.807) is 24.3 Å². The molecule has 0 saturated carbocycles. The number of carbonyl (C=O) groups is 1. The zero-order chi connectivity index (χ0) is 21.3. The first-order valence-electron chi connectivity index (χ1n) is 9.37. The van der Waals surface area contributed by atoms with Crippen molar-refractivity contribution < 1.29 is 19.7 Å². The fourth-order valence-corrected chi connectivity index (χ4v) is 3.07. The summed E-state index contributed by atoms with van der Waals surface area (Å²) in [5, 5.41) is 26.0. The molecule has 1 atom stereocenters. The van der Waals surface area contributed by atoms with Gasteiger partial charge in [-0.3, -0.25) is 0 Å². The molecule has 1 aromatic heterocycles. The highest BCUT2D eigenvalue weighted by molar-refractivity contribution is 6.30. The molecule has 30 heavy (non-hydrogen) atoms. The minimum Gasteiger partial charge on any atom is -0.449 e. The monoisotopic (exact) mass is 427 g/mol. The number of nitrogens with zero attached hydrogens (tertiary/aromatic N) is 1. The first-order valence-corrected chi connectivity index (χ1v) is 9.75. The molecule has 0 spiro atoms. The van der Waals surface area contributed by atoms with Gasteiger partial charge in [0.1, 0.15) is 0 Å². The van der Waals surface area contributed by atoms with E-state index >= 15 is 0 Å². The van der Waals surface area contributed by atoms with Gasteiger partial charge in [0.25, 0.3) is 0 Å². The molecule has 0 fully saturated rings. The molecule has 4 N–H and O–H groups in total. The molecular weight excluding hydrogens is 406 g/mol. The minimum absolute atomic E-state index is 0.0285. The van der Waals surface area contributed by atoms with E-state index in [2.05, 4.69) is 20.4 Å². The predicted molar refractivity (Wildman–Crippen MR) is 116 cm³/mol. The number of aliphatic hydroxyl groups is 1. The van der Waals surface area contributed by atoms with Crippen molar-refractivity contribution in [3.63, 3.8) is 0 Å². The SMILES string of the molecule is O=C(O)Oc1cccc(-c2cccc(NCCNC[C@H](O)c3cccc(Cl)c3)c2)n1.